The zero-order chi connectivity index (χ0) is 25.6. The van der Waals surface area contributed by atoms with Crippen LogP contribution in [-0.2, 0) is 11.3 Å². The minimum atomic E-state index is -0.917. The van der Waals surface area contributed by atoms with Crippen molar-refractivity contribution >= 4 is 29.2 Å². The Kier molecular flexibility index (Phi) is 9.29. The normalized spacial score (nSPS) is 19.1. The van der Waals surface area contributed by atoms with Crippen molar-refractivity contribution in [3.05, 3.63) is 58.3 Å². The molecule has 4 heterocycles. The number of hydrogen-bond acceptors (Lipinski definition) is 9. The molecule has 0 unspecified atom stereocenters. The van der Waals surface area contributed by atoms with Gasteiger partial charge in [0, 0.05) is 26.2 Å². The summed E-state index contributed by atoms with van der Waals surface area (Å²) in [6.07, 6.45) is 4.18. The summed E-state index contributed by atoms with van der Waals surface area (Å²) >= 11 is 11.6. The molecule has 9 nitrogen and oxygen atoms in total. The van der Waals surface area contributed by atoms with E-state index in [0.29, 0.717) is 46.5 Å². The average Bonchev–Trinajstić information content (AvgIpc) is 3.14. The molecule has 37 heavy (non-hydrogen) atoms. The molecule has 2 aliphatic rings. The first-order chi connectivity index (χ1) is 18.1. The van der Waals surface area contributed by atoms with Crippen LogP contribution in [0.2, 0.25) is 10.0 Å². The van der Waals surface area contributed by atoms with Gasteiger partial charge in [0.2, 0.25) is 5.95 Å². The first-order valence-electron chi connectivity index (χ1n) is 12.1. The molecule has 0 saturated carbocycles. The summed E-state index contributed by atoms with van der Waals surface area (Å²) in [7, 11) is 0. The standard InChI is InChI=1S/C25H28Cl2IN6O3/c26-19-11-18(12-20(27)13-19)22-9-17(16-33-4-1-23(28-35)36-8-7-33)10-24(32-22)37-21-14-30-25(31-15-21)34-5-2-29-3-6-34/h9-15,23,29,35H,1-8,16H2/q-1/t23-/m0/s1. The van der Waals surface area contributed by atoms with Crippen LogP contribution in [-0.4, -0.2) is 73.3 Å². The second kappa shape index (κ2) is 12.8. The maximum absolute atomic E-state index is 9.57. The number of halogens is 3. The third-order valence-electron chi connectivity index (χ3n) is 6.15. The molecule has 2 N–H and O–H groups in total. The van der Waals surface area contributed by atoms with Crippen LogP contribution in [0.1, 0.15) is 12.0 Å². The molecule has 2 fully saturated rings. The monoisotopic (exact) mass is 657 g/mol. The summed E-state index contributed by atoms with van der Waals surface area (Å²) in [5.41, 5.74) is 2.55. The van der Waals surface area contributed by atoms with Gasteiger partial charge in [-0.15, -0.1) is 0 Å². The Labute approximate surface area is 236 Å². The molecular weight excluding hydrogens is 630 g/mol. The topological polar surface area (TPSA) is 95.9 Å². The van der Waals surface area contributed by atoms with Gasteiger partial charge < -0.3 is 10.2 Å². The molecule has 1 aromatic carbocycles. The number of ether oxygens (including phenoxy) is 2. The Morgan fingerprint density at radius 1 is 1.03 bits per heavy atom. The van der Waals surface area contributed by atoms with Crippen LogP contribution in [0, 0.1) is 0 Å². The van der Waals surface area contributed by atoms with Crippen LogP contribution in [0.15, 0.2) is 42.7 Å². The van der Waals surface area contributed by atoms with Crippen LogP contribution in [0.4, 0.5) is 5.95 Å². The number of rotatable bonds is 7. The third-order valence-corrected chi connectivity index (χ3v) is 8.19. The van der Waals surface area contributed by atoms with E-state index in [9.17, 15) is 3.44 Å². The van der Waals surface area contributed by atoms with Crippen molar-refractivity contribution in [3.8, 4) is 22.9 Å². The fourth-order valence-corrected chi connectivity index (χ4v) is 5.84. The number of nitrogens with zero attached hydrogens (tertiary/aromatic N) is 5. The van der Waals surface area contributed by atoms with Gasteiger partial charge in [0.15, 0.2) is 0 Å². The first-order valence-corrected chi connectivity index (χ1v) is 15.1. The number of nitrogens with one attached hydrogen (secondary N) is 1. The van der Waals surface area contributed by atoms with Crippen LogP contribution >= 0.6 is 23.2 Å². The van der Waals surface area contributed by atoms with E-state index < -0.39 is 21.6 Å². The number of hydrogen-bond donors (Lipinski definition) is 2. The van der Waals surface area contributed by atoms with Gasteiger partial charge in [-0.05, 0) is 0 Å². The van der Waals surface area contributed by atoms with Crippen LogP contribution < -0.4 is 36.6 Å². The predicted molar refractivity (Wildman–Crippen MR) is 139 cm³/mol. The van der Waals surface area contributed by atoms with Gasteiger partial charge >= 0.3 is 196 Å². The molecule has 2 aliphatic heterocycles. The summed E-state index contributed by atoms with van der Waals surface area (Å²) < 4.78 is 21.5. The zero-order valence-electron chi connectivity index (χ0n) is 20.1. The van der Waals surface area contributed by atoms with E-state index in [4.69, 9.17) is 37.7 Å². The summed E-state index contributed by atoms with van der Waals surface area (Å²) in [4.78, 5) is 18.2. The van der Waals surface area contributed by atoms with E-state index in [0.717, 1.165) is 56.8 Å². The Morgan fingerprint density at radius 3 is 2.51 bits per heavy atom. The van der Waals surface area contributed by atoms with Crippen LogP contribution in [0.5, 0.6) is 11.6 Å². The van der Waals surface area contributed by atoms with E-state index in [1.54, 1.807) is 18.5 Å². The third kappa shape index (κ3) is 7.41. The molecular formula is C25H28Cl2IN6O3-. The number of piperazine rings is 1. The van der Waals surface area contributed by atoms with E-state index in [2.05, 4.69) is 25.1 Å². The summed E-state index contributed by atoms with van der Waals surface area (Å²) in [5, 5.41) is 4.41. The van der Waals surface area contributed by atoms with Gasteiger partial charge in [0.1, 0.15) is 0 Å². The molecule has 2 saturated heterocycles. The van der Waals surface area contributed by atoms with Gasteiger partial charge in [-0.1, -0.05) is 0 Å². The predicted octanol–water partition coefficient (Wildman–Crippen LogP) is 0.592. The molecule has 5 rings (SSSR count). The number of benzene rings is 1. The van der Waals surface area contributed by atoms with Gasteiger partial charge in [-0.3, -0.25) is 0 Å². The maximum atomic E-state index is 9.57. The number of alkyl halides is 1. The van der Waals surface area contributed by atoms with Crippen molar-refractivity contribution < 1.29 is 34.5 Å². The molecule has 0 bridgehead atoms. The van der Waals surface area contributed by atoms with Crippen molar-refractivity contribution in [2.75, 3.05) is 50.8 Å². The molecule has 12 heteroatoms. The zero-order valence-corrected chi connectivity index (χ0v) is 23.8. The Balaban J connectivity index is 1.39. The molecule has 0 amide bonds. The van der Waals surface area contributed by atoms with Crippen molar-refractivity contribution in [1.29, 1.82) is 0 Å². The van der Waals surface area contributed by atoms with Gasteiger partial charge in [-0.25, -0.2) is 0 Å². The van der Waals surface area contributed by atoms with E-state index >= 15 is 0 Å². The molecule has 198 valence electrons. The molecule has 3 aromatic rings. The molecule has 2 aromatic heterocycles. The molecule has 0 spiro atoms. The molecule has 0 radical (unpaired) electrons. The molecule has 1 atom stereocenters. The average molecular weight is 658 g/mol. The summed E-state index contributed by atoms with van der Waals surface area (Å²) in [6, 6.07) is 9.33. The summed E-state index contributed by atoms with van der Waals surface area (Å²) in [6.45, 7) is 6.52. The van der Waals surface area contributed by atoms with Crippen molar-refractivity contribution in [1.82, 2.24) is 25.2 Å². The van der Waals surface area contributed by atoms with Gasteiger partial charge in [0.25, 0.3) is 0 Å². The Morgan fingerprint density at radius 2 is 1.78 bits per heavy atom. The second-order valence-electron chi connectivity index (χ2n) is 8.86. The number of pyridine rings is 1. The van der Waals surface area contributed by atoms with Crippen LogP contribution in [0.25, 0.3) is 11.3 Å². The van der Waals surface area contributed by atoms with Gasteiger partial charge in [-0.2, -0.15) is 0 Å². The van der Waals surface area contributed by atoms with E-state index in [1.807, 2.05) is 24.3 Å². The van der Waals surface area contributed by atoms with Gasteiger partial charge in [0.05, 0.1) is 0 Å². The quantitative estimate of drug-likeness (QED) is 0.280. The van der Waals surface area contributed by atoms with Crippen molar-refractivity contribution in [3.63, 3.8) is 0 Å². The summed E-state index contributed by atoms with van der Waals surface area (Å²) in [5.74, 6) is 1.64. The molecule has 0 aliphatic carbocycles. The van der Waals surface area contributed by atoms with E-state index in [-0.39, 0.29) is 4.11 Å². The SMILES string of the molecule is O[I-][C@@H]1CCN(Cc2cc(Oc3cnc(N4CCNCC4)nc3)nc(-c3cc(Cl)cc(Cl)c3)c2)CCO1. The fraction of sp³-hybridized carbons (Fsp3) is 0.400. The van der Waals surface area contributed by atoms with Crippen LogP contribution in [0.3, 0.4) is 0 Å². The first kappa shape index (κ1) is 26.8. The Bertz CT molecular complexity index is 1180. The van der Waals surface area contributed by atoms with Crippen molar-refractivity contribution in [2.45, 2.75) is 17.1 Å². The van der Waals surface area contributed by atoms with Crippen molar-refractivity contribution in [2.24, 2.45) is 0 Å². The number of anilines is 1. The minimum absolute atomic E-state index is 0.00605. The van der Waals surface area contributed by atoms with E-state index in [1.165, 1.54) is 0 Å². The Hall–Kier alpha value is -1.80. The second-order valence-corrected chi connectivity index (χ2v) is 11.7. The number of aromatic nitrogens is 3. The fourth-order valence-electron chi connectivity index (χ4n) is 4.35.